The van der Waals surface area contributed by atoms with E-state index in [9.17, 15) is 14.4 Å². The van der Waals surface area contributed by atoms with E-state index in [1.807, 2.05) is 26.8 Å². The molecule has 0 fully saturated rings. The molecule has 0 unspecified atom stereocenters. The molecule has 210 valence electrons. The zero-order valence-electron chi connectivity index (χ0n) is 23.1. The molecule has 3 rings (SSSR count). The Morgan fingerprint density at radius 3 is 2.41 bits per heavy atom. The van der Waals surface area contributed by atoms with Crippen molar-refractivity contribution in [3.63, 3.8) is 0 Å². The molecule has 0 saturated heterocycles. The van der Waals surface area contributed by atoms with Crippen LogP contribution >= 0.6 is 11.3 Å². The van der Waals surface area contributed by atoms with Gasteiger partial charge in [0.1, 0.15) is 16.5 Å². The van der Waals surface area contributed by atoms with Gasteiger partial charge in [-0.05, 0) is 57.3 Å². The number of aliphatic imine (C=N–C) groups is 2. The number of anilines is 1. The number of carboxylic acids is 1. The average molecular weight is 557 g/mol. The number of rotatable bonds is 8. The molecule has 1 aromatic carbocycles. The minimum atomic E-state index is -0.840. The number of amidine groups is 1. The van der Waals surface area contributed by atoms with E-state index in [0.717, 1.165) is 10.4 Å². The fourth-order valence-corrected chi connectivity index (χ4v) is 3.57. The van der Waals surface area contributed by atoms with Crippen LogP contribution in [-0.4, -0.2) is 49.1 Å². The van der Waals surface area contributed by atoms with E-state index in [0.29, 0.717) is 33.5 Å². The van der Waals surface area contributed by atoms with E-state index in [-0.39, 0.29) is 30.5 Å². The summed E-state index contributed by atoms with van der Waals surface area (Å²) in [5.74, 6) is -0.209. The van der Waals surface area contributed by atoms with Crippen LogP contribution in [0.5, 0.6) is 5.75 Å². The zero-order chi connectivity index (χ0) is 29.5. The van der Waals surface area contributed by atoms with Gasteiger partial charge < -0.3 is 20.5 Å². The fraction of sp³-hybridized carbons (Fsp3) is 0.296. The van der Waals surface area contributed by atoms with E-state index in [4.69, 9.17) is 9.84 Å². The minimum absolute atomic E-state index is 0.00203. The molecule has 39 heavy (non-hydrogen) atoms. The van der Waals surface area contributed by atoms with Crippen LogP contribution in [0.2, 0.25) is 0 Å². The third-order valence-electron chi connectivity index (χ3n) is 4.96. The number of carbonyl (C=O) groups is 3. The molecular weight excluding hydrogens is 520 g/mol. The number of thiophene rings is 1. The minimum Gasteiger partial charge on any atom is -0.482 e. The van der Waals surface area contributed by atoms with Crippen LogP contribution < -0.4 is 26.2 Å². The number of allylic oxidation sites excluding steroid dienone is 1. The molecule has 12 heteroatoms. The number of benzene rings is 1. The molecule has 2 aromatic rings. The van der Waals surface area contributed by atoms with Crippen LogP contribution in [0.3, 0.4) is 0 Å². The first-order chi connectivity index (χ1) is 18.5. The van der Waals surface area contributed by atoms with Gasteiger partial charge in [-0.1, -0.05) is 26.5 Å². The van der Waals surface area contributed by atoms with Crippen molar-refractivity contribution in [2.45, 2.75) is 41.2 Å². The summed E-state index contributed by atoms with van der Waals surface area (Å²) in [6.07, 6.45) is 0. The van der Waals surface area contributed by atoms with Gasteiger partial charge >= 0.3 is 5.97 Å². The van der Waals surface area contributed by atoms with E-state index >= 15 is 0 Å². The topological polar surface area (TPSA) is 154 Å². The Kier molecular flexibility index (Phi) is 13.7. The van der Waals surface area contributed by atoms with Gasteiger partial charge in [0.15, 0.2) is 6.61 Å². The van der Waals surface area contributed by atoms with Crippen molar-refractivity contribution in [1.82, 2.24) is 16.2 Å². The number of carboxylic acid groups (broad SMARTS) is 1. The Bertz CT molecular complexity index is 1270. The lowest BCUT2D eigenvalue weighted by Gasteiger charge is -2.19. The lowest BCUT2D eigenvalue weighted by Crippen LogP contribution is -2.38. The standard InChI is InChI=1S/C19H24N6O3.C6H6O2S.C2H6/c1-11(18(12(2)20-4)25-24-13(3)21-5)19(27)22-9-14-6-7-16-15(8-14)23-17(26)10-28-16;1-4-2-3-5(9-4)6(7)8;1-2/h6-8,25H,1,4,9-10H2,2-3,5H3,(H,21,24)(H,22,27)(H,23,26);2-3H,1H3,(H,7,8);1-2H3/b18-12+;;. The molecule has 2 amide bonds. The van der Waals surface area contributed by atoms with Crippen molar-refractivity contribution in [2.24, 2.45) is 9.98 Å². The molecule has 1 aromatic heterocycles. The zero-order valence-corrected chi connectivity index (χ0v) is 23.9. The summed E-state index contributed by atoms with van der Waals surface area (Å²) in [5.41, 5.74) is 8.22. The maximum absolute atomic E-state index is 12.5. The molecule has 0 saturated carbocycles. The quantitative estimate of drug-likeness (QED) is 0.108. The van der Waals surface area contributed by atoms with Gasteiger partial charge in [0, 0.05) is 18.5 Å². The molecule has 0 radical (unpaired) electrons. The van der Waals surface area contributed by atoms with Gasteiger partial charge in [-0.25, -0.2) is 4.79 Å². The van der Waals surface area contributed by atoms with Gasteiger partial charge in [0.2, 0.25) is 0 Å². The highest BCUT2D eigenvalue weighted by Gasteiger charge is 2.18. The second kappa shape index (κ2) is 16.4. The molecule has 0 atom stereocenters. The molecule has 5 N–H and O–H groups in total. The van der Waals surface area contributed by atoms with Crippen molar-refractivity contribution in [1.29, 1.82) is 0 Å². The first-order valence-corrected chi connectivity index (χ1v) is 12.8. The van der Waals surface area contributed by atoms with Crippen molar-refractivity contribution in [3.05, 3.63) is 69.2 Å². The number of hydrogen-bond acceptors (Lipinski definition) is 8. The van der Waals surface area contributed by atoms with E-state index in [1.54, 1.807) is 45.2 Å². The third kappa shape index (κ3) is 10.4. The average Bonchev–Trinajstić information content (AvgIpc) is 3.39. The number of hydrogen-bond donors (Lipinski definition) is 5. The van der Waals surface area contributed by atoms with Crippen molar-refractivity contribution in [2.75, 3.05) is 19.0 Å². The maximum Gasteiger partial charge on any atom is 0.345 e. The van der Waals surface area contributed by atoms with Crippen molar-refractivity contribution >= 4 is 47.4 Å². The molecule has 1 aliphatic rings. The normalized spacial score (nSPS) is 12.4. The van der Waals surface area contributed by atoms with Crippen LogP contribution in [0, 0.1) is 6.92 Å². The summed E-state index contributed by atoms with van der Waals surface area (Å²) in [5, 5.41) is 13.9. The molecule has 0 bridgehead atoms. The number of fused-ring (bicyclic) bond motifs is 1. The van der Waals surface area contributed by atoms with Crippen LogP contribution in [0.25, 0.3) is 0 Å². The molecule has 2 heterocycles. The molecule has 11 nitrogen and oxygen atoms in total. The molecule has 0 spiro atoms. The number of amides is 2. The number of nitrogens with one attached hydrogen (secondary N) is 4. The Morgan fingerprint density at radius 1 is 1.18 bits per heavy atom. The molecule has 1 aliphatic heterocycles. The van der Waals surface area contributed by atoms with Crippen LogP contribution in [0.15, 0.2) is 63.9 Å². The molecule has 0 aliphatic carbocycles. The smallest absolute Gasteiger partial charge is 0.345 e. The number of hydrazine groups is 1. The highest BCUT2D eigenvalue weighted by Crippen LogP contribution is 2.28. The van der Waals surface area contributed by atoms with Crippen molar-refractivity contribution in [3.8, 4) is 5.75 Å². The Morgan fingerprint density at radius 2 is 1.87 bits per heavy atom. The van der Waals surface area contributed by atoms with Gasteiger partial charge in [-0.2, -0.15) is 0 Å². The Labute approximate surface area is 232 Å². The lowest BCUT2D eigenvalue weighted by molar-refractivity contribution is -0.119. The Balaban J connectivity index is 0.000000578. The number of aryl methyl sites for hydroxylation is 1. The summed E-state index contributed by atoms with van der Waals surface area (Å²) in [7, 11) is 1.64. The van der Waals surface area contributed by atoms with Crippen LogP contribution in [0.4, 0.5) is 5.69 Å². The van der Waals surface area contributed by atoms with Gasteiger partial charge in [-0.3, -0.25) is 30.4 Å². The summed E-state index contributed by atoms with van der Waals surface area (Å²) in [4.78, 5) is 43.5. The predicted molar refractivity (Wildman–Crippen MR) is 156 cm³/mol. The first kappa shape index (κ1) is 32.6. The molecular formula is C27H36N6O5S. The summed E-state index contributed by atoms with van der Waals surface area (Å²) in [6.45, 7) is 16.9. The SMILES string of the molecule is C=N/C(C)=C(/NNC(C)=NC)C(=C)C(=O)NCc1ccc2c(c1)NC(=O)CO2.CC.Cc1ccc(C(=O)O)s1. The lowest BCUT2D eigenvalue weighted by atomic mass is 10.1. The largest absolute Gasteiger partial charge is 0.482 e. The Hall–Kier alpha value is -4.45. The maximum atomic E-state index is 12.5. The van der Waals surface area contributed by atoms with Crippen LogP contribution in [0.1, 0.15) is 47.8 Å². The summed E-state index contributed by atoms with van der Waals surface area (Å²) >= 11 is 1.30. The first-order valence-electron chi connectivity index (χ1n) is 12.0. The second-order valence-corrected chi connectivity index (χ2v) is 9.01. The number of ether oxygens (including phenoxy) is 1. The van der Waals surface area contributed by atoms with E-state index in [1.165, 1.54) is 11.3 Å². The second-order valence-electron chi connectivity index (χ2n) is 7.72. The summed E-state index contributed by atoms with van der Waals surface area (Å²) < 4.78 is 5.32. The van der Waals surface area contributed by atoms with Crippen molar-refractivity contribution < 1.29 is 24.2 Å². The van der Waals surface area contributed by atoms with Gasteiger partial charge in [-0.15, -0.1) is 11.3 Å². The predicted octanol–water partition coefficient (Wildman–Crippen LogP) is 4.05. The highest BCUT2D eigenvalue weighted by atomic mass is 32.1. The number of carbonyl (C=O) groups excluding carboxylic acids is 2. The summed E-state index contributed by atoms with van der Waals surface area (Å²) in [6, 6.07) is 8.73. The fourth-order valence-electron chi connectivity index (χ4n) is 2.86. The highest BCUT2D eigenvalue weighted by molar-refractivity contribution is 7.13. The monoisotopic (exact) mass is 556 g/mol. The van der Waals surface area contributed by atoms with Crippen LogP contribution in [-0.2, 0) is 16.1 Å². The van der Waals surface area contributed by atoms with E-state index < -0.39 is 5.97 Å². The van der Waals surface area contributed by atoms with Gasteiger partial charge in [0.05, 0.1) is 22.7 Å². The van der Waals surface area contributed by atoms with Gasteiger partial charge in [0.25, 0.3) is 11.8 Å². The van der Waals surface area contributed by atoms with E-state index in [2.05, 4.69) is 44.8 Å². The number of nitrogens with zero attached hydrogens (tertiary/aromatic N) is 2. The number of aromatic carboxylic acids is 1. The third-order valence-corrected chi connectivity index (χ3v) is 5.95.